The van der Waals surface area contributed by atoms with Crippen LogP contribution in [0.4, 0.5) is 0 Å². The van der Waals surface area contributed by atoms with Gasteiger partial charge in [0.1, 0.15) is 0 Å². The van der Waals surface area contributed by atoms with Gasteiger partial charge in [0.05, 0.1) is 6.10 Å². The van der Waals surface area contributed by atoms with E-state index < -0.39 is 0 Å². The predicted octanol–water partition coefficient (Wildman–Crippen LogP) is 2.09. The molecule has 0 aromatic rings. The zero-order valence-corrected chi connectivity index (χ0v) is 13.9. The van der Waals surface area contributed by atoms with Crippen LogP contribution in [0, 0.1) is 5.92 Å². The van der Waals surface area contributed by atoms with Crippen LogP contribution in [-0.2, 0) is 9.47 Å². The highest BCUT2D eigenvalue weighted by Crippen LogP contribution is 2.15. The van der Waals surface area contributed by atoms with Crippen LogP contribution in [0.25, 0.3) is 0 Å². The van der Waals surface area contributed by atoms with Crippen LogP contribution in [0.15, 0.2) is 0 Å². The number of hydrogen-bond acceptors (Lipinski definition) is 4. The third-order valence-electron chi connectivity index (χ3n) is 4.31. The molecule has 120 valence electrons. The Hall–Kier alpha value is -0.160. The summed E-state index contributed by atoms with van der Waals surface area (Å²) in [6, 6.07) is 0. The molecule has 0 aliphatic carbocycles. The molecule has 0 aromatic heterocycles. The van der Waals surface area contributed by atoms with Gasteiger partial charge in [-0.3, -0.25) is 0 Å². The molecule has 0 bridgehead atoms. The highest BCUT2D eigenvalue weighted by atomic mass is 16.5. The minimum Gasteiger partial charge on any atom is -0.384 e. The van der Waals surface area contributed by atoms with Gasteiger partial charge in [0.2, 0.25) is 0 Å². The normalized spacial score (nSPS) is 23.4. The first kappa shape index (κ1) is 17.9. The van der Waals surface area contributed by atoms with E-state index in [0.29, 0.717) is 6.10 Å². The molecule has 0 spiro atoms. The lowest BCUT2D eigenvalue weighted by molar-refractivity contribution is 0.0197. The van der Waals surface area contributed by atoms with Gasteiger partial charge in [-0.25, -0.2) is 0 Å². The molecule has 0 N–H and O–H groups in total. The molecule has 0 amide bonds. The molecule has 0 aromatic carbocycles. The SMILES string of the molecule is CCOC1CCN(C)CC1.COCC1CCN(C)CC1. The Labute approximate surface area is 125 Å². The van der Waals surface area contributed by atoms with Gasteiger partial charge in [0.25, 0.3) is 0 Å². The monoisotopic (exact) mass is 286 g/mol. The van der Waals surface area contributed by atoms with Crippen molar-refractivity contribution >= 4 is 0 Å². The van der Waals surface area contributed by atoms with Crippen LogP contribution in [0.2, 0.25) is 0 Å². The molecule has 2 aliphatic rings. The fraction of sp³-hybridized carbons (Fsp3) is 1.00. The summed E-state index contributed by atoms with van der Waals surface area (Å²) in [6.07, 6.45) is 5.59. The summed E-state index contributed by atoms with van der Waals surface area (Å²) in [5.41, 5.74) is 0. The average Bonchev–Trinajstić information content (AvgIpc) is 2.45. The minimum atomic E-state index is 0.543. The van der Waals surface area contributed by atoms with Gasteiger partial charge in [-0.1, -0.05) is 0 Å². The second-order valence-electron chi connectivity index (χ2n) is 6.16. The fourth-order valence-corrected chi connectivity index (χ4v) is 2.85. The molecule has 2 heterocycles. The van der Waals surface area contributed by atoms with Gasteiger partial charge < -0.3 is 19.3 Å². The molecule has 2 aliphatic heterocycles. The fourth-order valence-electron chi connectivity index (χ4n) is 2.85. The van der Waals surface area contributed by atoms with Crippen molar-refractivity contribution in [1.82, 2.24) is 9.80 Å². The van der Waals surface area contributed by atoms with Crippen molar-refractivity contribution in [3.63, 3.8) is 0 Å². The molecular weight excluding hydrogens is 252 g/mol. The van der Waals surface area contributed by atoms with Crippen LogP contribution in [-0.4, -0.2) is 76.5 Å². The minimum absolute atomic E-state index is 0.543. The second-order valence-corrected chi connectivity index (χ2v) is 6.16. The van der Waals surface area contributed by atoms with Crippen LogP contribution in [0.5, 0.6) is 0 Å². The highest BCUT2D eigenvalue weighted by Gasteiger charge is 2.16. The maximum atomic E-state index is 5.50. The number of piperidine rings is 2. The van der Waals surface area contributed by atoms with Crippen LogP contribution >= 0.6 is 0 Å². The van der Waals surface area contributed by atoms with Crippen LogP contribution < -0.4 is 0 Å². The van der Waals surface area contributed by atoms with Crippen LogP contribution in [0.3, 0.4) is 0 Å². The van der Waals surface area contributed by atoms with Crippen LogP contribution in [0.1, 0.15) is 32.6 Å². The van der Waals surface area contributed by atoms with E-state index >= 15 is 0 Å². The van der Waals surface area contributed by atoms with Gasteiger partial charge >= 0.3 is 0 Å². The van der Waals surface area contributed by atoms with E-state index in [1.165, 1.54) is 51.9 Å². The van der Waals surface area contributed by atoms with E-state index in [-0.39, 0.29) is 0 Å². The lowest BCUT2D eigenvalue weighted by Crippen LogP contribution is -2.34. The number of nitrogens with zero attached hydrogens (tertiary/aromatic N) is 2. The smallest absolute Gasteiger partial charge is 0.0599 e. The summed E-state index contributed by atoms with van der Waals surface area (Å²) in [4.78, 5) is 4.74. The number of hydrogen-bond donors (Lipinski definition) is 0. The summed E-state index contributed by atoms with van der Waals surface area (Å²) in [7, 11) is 6.14. The topological polar surface area (TPSA) is 24.9 Å². The lowest BCUT2D eigenvalue weighted by Gasteiger charge is -2.28. The first-order valence-corrected chi connectivity index (χ1v) is 8.13. The van der Waals surface area contributed by atoms with Crippen molar-refractivity contribution in [1.29, 1.82) is 0 Å². The van der Waals surface area contributed by atoms with Crippen molar-refractivity contribution in [2.24, 2.45) is 5.92 Å². The maximum Gasteiger partial charge on any atom is 0.0599 e. The van der Waals surface area contributed by atoms with Crippen molar-refractivity contribution in [3.8, 4) is 0 Å². The summed E-state index contributed by atoms with van der Waals surface area (Å²) in [5.74, 6) is 0.821. The predicted molar refractivity (Wildman–Crippen MR) is 84.2 cm³/mol. The van der Waals surface area contributed by atoms with E-state index in [1.807, 2.05) is 0 Å². The molecule has 2 fully saturated rings. The van der Waals surface area contributed by atoms with Crippen molar-refractivity contribution < 1.29 is 9.47 Å². The Kier molecular flexibility index (Phi) is 9.44. The Morgan fingerprint density at radius 1 is 0.900 bits per heavy atom. The number of likely N-dealkylation sites (tertiary alicyclic amines) is 2. The van der Waals surface area contributed by atoms with Gasteiger partial charge in [0.15, 0.2) is 0 Å². The van der Waals surface area contributed by atoms with E-state index in [2.05, 4.69) is 30.8 Å². The maximum absolute atomic E-state index is 5.50. The molecule has 0 saturated carbocycles. The van der Waals surface area contributed by atoms with Crippen molar-refractivity contribution in [2.75, 3.05) is 60.6 Å². The van der Waals surface area contributed by atoms with Gasteiger partial charge in [0, 0.05) is 33.4 Å². The highest BCUT2D eigenvalue weighted by molar-refractivity contribution is 4.69. The standard InChI is InChI=1S/2C8H17NO/c1-9-5-3-8(4-6-9)7-10-2;1-3-10-8-4-6-9(2)7-5-8/h2*8H,3-7H2,1-2H3. The summed E-state index contributed by atoms with van der Waals surface area (Å²) in [6.45, 7) is 8.78. The van der Waals surface area contributed by atoms with Crippen molar-refractivity contribution in [2.45, 2.75) is 38.7 Å². The molecule has 0 atom stereocenters. The second kappa shape index (κ2) is 10.6. The molecule has 4 heteroatoms. The van der Waals surface area contributed by atoms with Gasteiger partial charge in [-0.05, 0) is 65.7 Å². The Morgan fingerprint density at radius 3 is 1.85 bits per heavy atom. The van der Waals surface area contributed by atoms with E-state index in [4.69, 9.17) is 9.47 Å². The number of methoxy groups -OCH3 is 1. The molecular formula is C16H34N2O2. The lowest BCUT2D eigenvalue weighted by atomic mass is 9.98. The molecule has 4 nitrogen and oxygen atoms in total. The Morgan fingerprint density at radius 2 is 1.40 bits per heavy atom. The summed E-state index contributed by atoms with van der Waals surface area (Å²) in [5, 5.41) is 0. The zero-order chi connectivity index (χ0) is 14.8. The Bertz CT molecular complexity index is 199. The van der Waals surface area contributed by atoms with Crippen molar-refractivity contribution in [3.05, 3.63) is 0 Å². The molecule has 0 unspecified atom stereocenters. The molecule has 0 radical (unpaired) electrons. The van der Waals surface area contributed by atoms with Gasteiger partial charge in [-0.15, -0.1) is 0 Å². The third kappa shape index (κ3) is 7.58. The third-order valence-corrected chi connectivity index (χ3v) is 4.31. The number of ether oxygens (including phenoxy) is 2. The van der Waals surface area contributed by atoms with E-state index in [9.17, 15) is 0 Å². The number of rotatable bonds is 4. The van der Waals surface area contributed by atoms with E-state index in [0.717, 1.165) is 19.1 Å². The summed E-state index contributed by atoms with van der Waals surface area (Å²) >= 11 is 0. The summed E-state index contributed by atoms with van der Waals surface area (Å²) < 4.78 is 10.6. The van der Waals surface area contributed by atoms with E-state index in [1.54, 1.807) is 7.11 Å². The first-order chi connectivity index (χ1) is 9.65. The quantitative estimate of drug-likeness (QED) is 0.790. The molecule has 20 heavy (non-hydrogen) atoms. The zero-order valence-electron chi connectivity index (χ0n) is 13.9. The first-order valence-electron chi connectivity index (χ1n) is 8.13. The Balaban J connectivity index is 0.000000200. The van der Waals surface area contributed by atoms with Gasteiger partial charge in [-0.2, -0.15) is 0 Å². The molecule has 2 saturated heterocycles. The molecule has 2 rings (SSSR count). The average molecular weight is 286 g/mol. The largest absolute Gasteiger partial charge is 0.384 e.